The lowest BCUT2D eigenvalue weighted by Crippen LogP contribution is -2.46. The molecule has 1 saturated carbocycles. The Balaban J connectivity index is 0.00000320. The van der Waals surface area contributed by atoms with E-state index in [0.717, 1.165) is 60.9 Å². The van der Waals surface area contributed by atoms with Crippen LogP contribution in [0.2, 0.25) is 0 Å². The van der Waals surface area contributed by atoms with Crippen LogP contribution in [0, 0.1) is 6.92 Å². The highest BCUT2D eigenvalue weighted by Crippen LogP contribution is 2.23. The molecule has 166 valence electrons. The van der Waals surface area contributed by atoms with E-state index in [4.69, 9.17) is 4.99 Å². The fraction of sp³-hybridized carbons (Fsp3) is 0.545. The van der Waals surface area contributed by atoms with Crippen molar-refractivity contribution < 1.29 is 4.21 Å². The molecule has 3 atom stereocenters. The molecule has 3 unspecified atom stereocenters. The van der Waals surface area contributed by atoms with E-state index in [-0.39, 0.29) is 24.0 Å². The number of benzene rings is 1. The second kappa shape index (κ2) is 12.4. The van der Waals surface area contributed by atoms with Crippen LogP contribution in [-0.4, -0.2) is 43.5 Å². The zero-order valence-corrected chi connectivity index (χ0v) is 21.3. The van der Waals surface area contributed by atoms with Crippen molar-refractivity contribution in [3.63, 3.8) is 0 Å². The van der Waals surface area contributed by atoms with Gasteiger partial charge in [0.05, 0.1) is 17.9 Å². The van der Waals surface area contributed by atoms with Gasteiger partial charge >= 0.3 is 0 Å². The van der Waals surface area contributed by atoms with Crippen molar-refractivity contribution in [1.29, 1.82) is 0 Å². The number of aromatic nitrogens is 2. The SMILES string of the molecule is CCNC(=NCc1ccccc1-n1ccc(C)n1)NC1CCCC(S(=O)CC)C1.I. The molecule has 8 heteroatoms. The molecule has 0 bridgehead atoms. The van der Waals surface area contributed by atoms with Crippen molar-refractivity contribution in [2.45, 2.75) is 64.3 Å². The summed E-state index contributed by atoms with van der Waals surface area (Å²) in [5, 5.41) is 11.8. The van der Waals surface area contributed by atoms with E-state index in [1.54, 1.807) is 0 Å². The van der Waals surface area contributed by atoms with Crippen LogP contribution in [0.15, 0.2) is 41.5 Å². The predicted molar refractivity (Wildman–Crippen MR) is 136 cm³/mol. The number of aryl methyl sites for hydroxylation is 1. The van der Waals surface area contributed by atoms with Gasteiger partial charge in [-0.05, 0) is 50.8 Å². The summed E-state index contributed by atoms with van der Waals surface area (Å²) in [6.07, 6.45) is 6.23. The van der Waals surface area contributed by atoms with Crippen LogP contribution in [0.25, 0.3) is 5.69 Å². The molecular formula is C22H34IN5OS. The van der Waals surface area contributed by atoms with Gasteiger partial charge < -0.3 is 10.6 Å². The zero-order valence-electron chi connectivity index (χ0n) is 18.1. The molecule has 1 fully saturated rings. The van der Waals surface area contributed by atoms with Crippen LogP contribution in [0.1, 0.15) is 50.8 Å². The summed E-state index contributed by atoms with van der Waals surface area (Å²) < 4.78 is 14.1. The third kappa shape index (κ3) is 6.80. The molecule has 1 aliphatic rings. The molecule has 1 aliphatic carbocycles. The van der Waals surface area contributed by atoms with Crippen molar-refractivity contribution in [3.8, 4) is 5.69 Å². The van der Waals surface area contributed by atoms with Crippen LogP contribution >= 0.6 is 24.0 Å². The maximum absolute atomic E-state index is 12.2. The maximum atomic E-state index is 12.2. The van der Waals surface area contributed by atoms with Crippen molar-refractivity contribution in [2.75, 3.05) is 12.3 Å². The maximum Gasteiger partial charge on any atom is 0.191 e. The Morgan fingerprint density at radius 1 is 1.27 bits per heavy atom. The first-order chi connectivity index (χ1) is 14.1. The summed E-state index contributed by atoms with van der Waals surface area (Å²) in [4.78, 5) is 4.84. The second-order valence-corrected chi connectivity index (χ2v) is 9.53. The summed E-state index contributed by atoms with van der Waals surface area (Å²) in [5.41, 5.74) is 3.17. The molecule has 6 nitrogen and oxygen atoms in total. The van der Waals surface area contributed by atoms with E-state index in [1.807, 2.05) is 42.9 Å². The Hall–Kier alpha value is -1.42. The number of halogens is 1. The van der Waals surface area contributed by atoms with E-state index in [0.29, 0.717) is 17.8 Å². The van der Waals surface area contributed by atoms with Gasteiger partial charge in [0.1, 0.15) is 0 Å². The molecule has 30 heavy (non-hydrogen) atoms. The van der Waals surface area contributed by atoms with Gasteiger partial charge in [-0.3, -0.25) is 4.21 Å². The van der Waals surface area contributed by atoms with Gasteiger partial charge in [-0.2, -0.15) is 5.10 Å². The lowest BCUT2D eigenvalue weighted by atomic mass is 9.95. The third-order valence-corrected chi connectivity index (χ3v) is 7.08. The molecule has 3 rings (SSSR count). The summed E-state index contributed by atoms with van der Waals surface area (Å²) in [5.74, 6) is 1.57. The van der Waals surface area contributed by atoms with E-state index >= 15 is 0 Å². The Morgan fingerprint density at radius 2 is 2.07 bits per heavy atom. The molecule has 1 heterocycles. The van der Waals surface area contributed by atoms with Crippen LogP contribution in [-0.2, 0) is 17.3 Å². The number of nitrogens with one attached hydrogen (secondary N) is 2. The minimum absolute atomic E-state index is 0. The molecule has 2 N–H and O–H groups in total. The fourth-order valence-electron chi connectivity index (χ4n) is 3.85. The van der Waals surface area contributed by atoms with E-state index in [2.05, 4.69) is 34.8 Å². The van der Waals surface area contributed by atoms with Crippen molar-refractivity contribution in [2.24, 2.45) is 4.99 Å². The molecule has 0 radical (unpaired) electrons. The molecule has 0 saturated heterocycles. The quantitative estimate of drug-likeness (QED) is 0.316. The molecule has 2 aromatic rings. The average molecular weight is 544 g/mol. The average Bonchev–Trinajstić information content (AvgIpc) is 3.18. The van der Waals surface area contributed by atoms with E-state index < -0.39 is 10.8 Å². The number of para-hydroxylation sites is 1. The first-order valence-corrected chi connectivity index (χ1v) is 12.0. The van der Waals surface area contributed by atoms with Crippen molar-refractivity contribution in [1.82, 2.24) is 20.4 Å². The molecule has 1 aromatic carbocycles. The third-order valence-electron chi connectivity index (χ3n) is 5.34. The Bertz CT molecular complexity index is 854. The topological polar surface area (TPSA) is 71.3 Å². The highest BCUT2D eigenvalue weighted by Gasteiger charge is 2.26. The number of rotatable bonds is 7. The van der Waals surface area contributed by atoms with Crippen LogP contribution in [0.4, 0.5) is 0 Å². The van der Waals surface area contributed by atoms with Crippen LogP contribution in [0.3, 0.4) is 0 Å². The number of hydrogen-bond donors (Lipinski definition) is 2. The largest absolute Gasteiger partial charge is 0.357 e. The van der Waals surface area contributed by atoms with Gasteiger partial charge in [-0.15, -0.1) is 24.0 Å². The normalized spacial score (nSPS) is 20.3. The summed E-state index contributed by atoms with van der Waals surface area (Å²) in [7, 11) is -0.718. The lowest BCUT2D eigenvalue weighted by molar-refractivity contribution is 0.413. The fourth-order valence-corrected chi connectivity index (χ4v) is 5.19. The standard InChI is InChI=1S/C22H33N5OS.HI/c1-4-23-22(25-19-10-8-11-20(15-19)29(28)5-2)24-16-18-9-6-7-12-21(18)27-14-13-17(3)26-27;/h6-7,9,12-14,19-20H,4-5,8,10-11,15-16H2,1-3H3,(H2,23,24,25);1H. The zero-order chi connectivity index (χ0) is 20.6. The molecular weight excluding hydrogens is 509 g/mol. The van der Waals surface area contributed by atoms with E-state index in [9.17, 15) is 4.21 Å². The Labute approximate surface area is 199 Å². The number of guanidine groups is 1. The monoisotopic (exact) mass is 543 g/mol. The van der Waals surface area contributed by atoms with Gasteiger partial charge in [0.2, 0.25) is 0 Å². The lowest BCUT2D eigenvalue weighted by Gasteiger charge is -2.30. The van der Waals surface area contributed by atoms with Crippen LogP contribution < -0.4 is 10.6 Å². The van der Waals surface area contributed by atoms with Crippen molar-refractivity contribution in [3.05, 3.63) is 47.8 Å². The van der Waals surface area contributed by atoms with Gasteiger partial charge in [0.25, 0.3) is 0 Å². The molecule has 0 amide bonds. The number of aliphatic imine (C=N–C) groups is 1. The summed E-state index contributed by atoms with van der Waals surface area (Å²) >= 11 is 0. The van der Waals surface area contributed by atoms with Gasteiger partial charge in [-0.25, -0.2) is 9.67 Å². The number of hydrogen-bond acceptors (Lipinski definition) is 3. The first kappa shape index (κ1) is 24.8. The Morgan fingerprint density at radius 3 is 2.77 bits per heavy atom. The summed E-state index contributed by atoms with van der Waals surface area (Å²) in [6, 6.07) is 10.6. The van der Waals surface area contributed by atoms with Gasteiger partial charge in [0, 0.05) is 40.6 Å². The highest BCUT2D eigenvalue weighted by atomic mass is 127. The Kier molecular flexibility index (Phi) is 10.3. The second-order valence-electron chi connectivity index (χ2n) is 7.52. The first-order valence-electron chi connectivity index (χ1n) is 10.6. The van der Waals surface area contributed by atoms with Gasteiger partial charge in [-0.1, -0.05) is 31.5 Å². The molecule has 1 aromatic heterocycles. The van der Waals surface area contributed by atoms with E-state index in [1.165, 1.54) is 0 Å². The number of nitrogens with zero attached hydrogens (tertiary/aromatic N) is 3. The summed E-state index contributed by atoms with van der Waals surface area (Å²) in [6.45, 7) is 7.46. The highest BCUT2D eigenvalue weighted by molar-refractivity contribution is 14.0. The van der Waals surface area contributed by atoms with Crippen molar-refractivity contribution >= 4 is 40.7 Å². The molecule has 0 spiro atoms. The predicted octanol–water partition coefficient (Wildman–Crippen LogP) is 3.93. The molecule has 0 aliphatic heterocycles. The van der Waals surface area contributed by atoms with Gasteiger partial charge in [0.15, 0.2) is 5.96 Å². The smallest absolute Gasteiger partial charge is 0.191 e. The minimum Gasteiger partial charge on any atom is -0.357 e. The van der Waals surface area contributed by atoms with Crippen LogP contribution in [0.5, 0.6) is 0 Å². The minimum atomic E-state index is -0.718.